The normalized spacial score (nSPS) is 17.3. The van der Waals surface area contributed by atoms with Gasteiger partial charge >= 0.3 is 0 Å². The van der Waals surface area contributed by atoms with Crippen LogP contribution in [0.3, 0.4) is 0 Å². The van der Waals surface area contributed by atoms with Crippen molar-refractivity contribution in [3.8, 4) is 0 Å². The van der Waals surface area contributed by atoms with Crippen LogP contribution in [0.15, 0.2) is 48.5 Å². The molecule has 1 aliphatic rings. The molecular formula is C20H20. The van der Waals surface area contributed by atoms with Gasteiger partial charge in [-0.05, 0) is 57.3 Å². The van der Waals surface area contributed by atoms with E-state index in [2.05, 4.69) is 62.4 Å². The molecule has 0 spiro atoms. The van der Waals surface area contributed by atoms with Crippen LogP contribution < -0.4 is 0 Å². The van der Waals surface area contributed by atoms with Gasteiger partial charge in [0.05, 0.1) is 0 Å². The number of fused-ring (bicyclic) bond motifs is 5. The summed E-state index contributed by atoms with van der Waals surface area (Å²) in [6.45, 7) is 4.77. The van der Waals surface area contributed by atoms with Crippen molar-refractivity contribution in [2.75, 3.05) is 0 Å². The highest BCUT2D eigenvalue weighted by Gasteiger charge is 2.28. The average Bonchev–Trinajstić information content (AvgIpc) is 2.46. The lowest BCUT2D eigenvalue weighted by atomic mass is 9.71. The standard InChI is InChI=1S/C20H20/c1-20(2)13-5-8-18-17-10-9-14-6-3-4-7-15(14)16(17)11-12-19(18)20/h3-4,6-7,9-12H,5,8,13H2,1-2H3. The van der Waals surface area contributed by atoms with E-state index in [1.54, 1.807) is 11.1 Å². The van der Waals surface area contributed by atoms with E-state index < -0.39 is 0 Å². The van der Waals surface area contributed by atoms with Gasteiger partial charge in [0, 0.05) is 0 Å². The lowest BCUT2D eigenvalue weighted by Gasteiger charge is -2.33. The average molecular weight is 260 g/mol. The third-order valence-corrected chi connectivity index (χ3v) is 5.00. The quantitative estimate of drug-likeness (QED) is 0.461. The second-order valence-corrected chi connectivity index (χ2v) is 6.71. The van der Waals surface area contributed by atoms with Crippen LogP contribution in [0.5, 0.6) is 0 Å². The first-order chi connectivity index (χ1) is 9.67. The molecule has 0 saturated carbocycles. The third-order valence-electron chi connectivity index (χ3n) is 5.00. The Hall–Kier alpha value is -1.82. The summed E-state index contributed by atoms with van der Waals surface area (Å²) in [5.74, 6) is 0. The molecule has 0 N–H and O–H groups in total. The van der Waals surface area contributed by atoms with Gasteiger partial charge < -0.3 is 0 Å². The fourth-order valence-corrected chi connectivity index (χ4v) is 3.90. The molecule has 4 rings (SSSR count). The predicted octanol–water partition coefficient (Wildman–Crippen LogP) is 5.61. The Morgan fingerprint density at radius 2 is 1.60 bits per heavy atom. The fourth-order valence-electron chi connectivity index (χ4n) is 3.90. The number of aryl methyl sites for hydroxylation is 1. The minimum absolute atomic E-state index is 0.327. The molecule has 0 heterocycles. The molecule has 0 aromatic heterocycles. The Kier molecular flexibility index (Phi) is 2.44. The van der Waals surface area contributed by atoms with Crippen molar-refractivity contribution in [1.29, 1.82) is 0 Å². The molecule has 20 heavy (non-hydrogen) atoms. The summed E-state index contributed by atoms with van der Waals surface area (Å²) < 4.78 is 0. The smallest absolute Gasteiger partial charge is 0.0100 e. The van der Waals surface area contributed by atoms with E-state index >= 15 is 0 Å². The number of hydrogen-bond donors (Lipinski definition) is 0. The second-order valence-electron chi connectivity index (χ2n) is 6.71. The molecule has 0 aliphatic heterocycles. The van der Waals surface area contributed by atoms with Crippen LogP contribution in [-0.4, -0.2) is 0 Å². The van der Waals surface area contributed by atoms with Crippen molar-refractivity contribution in [2.24, 2.45) is 0 Å². The maximum absolute atomic E-state index is 2.39. The van der Waals surface area contributed by atoms with Crippen LogP contribution in [-0.2, 0) is 11.8 Å². The summed E-state index contributed by atoms with van der Waals surface area (Å²) in [7, 11) is 0. The summed E-state index contributed by atoms with van der Waals surface area (Å²) in [5.41, 5.74) is 3.48. The van der Waals surface area contributed by atoms with Gasteiger partial charge in [0.1, 0.15) is 0 Å². The number of benzene rings is 3. The maximum Gasteiger partial charge on any atom is -0.0100 e. The van der Waals surface area contributed by atoms with E-state index in [0.717, 1.165) is 0 Å². The largest absolute Gasteiger partial charge is 0.0616 e. The van der Waals surface area contributed by atoms with Crippen LogP contribution in [0.4, 0.5) is 0 Å². The maximum atomic E-state index is 2.39. The fraction of sp³-hybridized carbons (Fsp3) is 0.300. The van der Waals surface area contributed by atoms with E-state index in [-0.39, 0.29) is 0 Å². The van der Waals surface area contributed by atoms with Crippen LogP contribution in [0.1, 0.15) is 37.8 Å². The van der Waals surface area contributed by atoms with Crippen LogP contribution in [0.2, 0.25) is 0 Å². The molecule has 0 unspecified atom stereocenters. The minimum atomic E-state index is 0.327. The Labute approximate surface area is 120 Å². The molecule has 100 valence electrons. The van der Waals surface area contributed by atoms with Crippen molar-refractivity contribution in [3.05, 3.63) is 59.7 Å². The predicted molar refractivity (Wildman–Crippen MR) is 87.4 cm³/mol. The summed E-state index contributed by atoms with van der Waals surface area (Å²) in [6.07, 6.45) is 3.85. The van der Waals surface area contributed by atoms with Gasteiger partial charge in [0.25, 0.3) is 0 Å². The van der Waals surface area contributed by atoms with E-state index in [0.29, 0.717) is 5.41 Å². The van der Waals surface area contributed by atoms with Gasteiger partial charge in [-0.2, -0.15) is 0 Å². The Bertz CT molecular complexity index is 809. The van der Waals surface area contributed by atoms with Gasteiger partial charge in [-0.3, -0.25) is 0 Å². The van der Waals surface area contributed by atoms with E-state index in [1.165, 1.54) is 40.8 Å². The van der Waals surface area contributed by atoms with Crippen LogP contribution in [0, 0.1) is 0 Å². The first kappa shape index (κ1) is 12.0. The summed E-state index contributed by atoms with van der Waals surface area (Å²) in [6, 6.07) is 18.0. The summed E-state index contributed by atoms with van der Waals surface area (Å²) in [4.78, 5) is 0. The van der Waals surface area contributed by atoms with E-state index in [4.69, 9.17) is 0 Å². The third kappa shape index (κ3) is 1.61. The topological polar surface area (TPSA) is 0 Å². The molecule has 0 fully saturated rings. The lowest BCUT2D eigenvalue weighted by molar-refractivity contribution is 0.433. The Balaban J connectivity index is 2.13. The number of rotatable bonds is 0. The molecule has 0 nitrogen and oxygen atoms in total. The van der Waals surface area contributed by atoms with Gasteiger partial charge in [0.2, 0.25) is 0 Å². The van der Waals surface area contributed by atoms with E-state index in [9.17, 15) is 0 Å². The summed E-state index contributed by atoms with van der Waals surface area (Å²) >= 11 is 0. The van der Waals surface area contributed by atoms with Gasteiger partial charge in [-0.25, -0.2) is 0 Å². The first-order valence-corrected chi connectivity index (χ1v) is 7.61. The molecule has 0 saturated heterocycles. The Morgan fingerprint density at radius 3 is 2.50 bits per heavy atom. The molecule has 0 amide bonds. The number of hydrogen-bond acceptors (Lipinski definition) is 0. The molecule has 0 heteroatoms. The van der Waals surface area contributed by atoms with E-state index in [1.807, 2.05) is 0 Å². The van der Waals surface area contributed by atoms with Gasteiger partial charge in [-0.1, -0.05) is 62.4 Å². The SMILES string of the molecule is CC1(C)CCCc2c1ccc1c2ccc2ccccc21. The minimum Gasteiger partial charge on any atom is -0.0616 e. The molecule has 0 radical (unpaired) electrons. The first-order valence-electron chi connectivity index (χ1n) is 7.61. The van der Waals surface area contributed by atoms with Crippen molar-refractivity contribution >= 4 is 21.5 Å². The monoisotopic (exact) mass is 260 g/mol. The molecule has 1 aliphatic carbocycles. The van der Waals surface area contributed by atoms with Crippen molar-refractivity contribution in [2.45, 2.75) is 38.5 Å². The van der Waals surface area contributed by atoms with Crippen molar-refractivity contribution in [3.63, 3.8) is 0 Å². The van der Waals surface area contributed by atoms with Crippen molar-refractivity contribution < 1.29 is 0 Å². The van der Waals surface area contributed by atoms with Gasteiger partial charge in [0.15, 0.2) is 0 Å². The lowest BCUT2D eigenvalue weighted by Crippen LogP contribution is -2.23. The van der Waals surface area contributed by atoms with Gasteiger partial charge in [-0.15, -0.1) is 0 Å². The van der Waals surface area contributed by atoms with Crippen LogP contribution in [0.25, 0.3) is 21.5 Å². The molecular weight excluding hydrogens is 240 g/mol. The molecule has 0 bridgehead atoms. The zero-order valence-electron chi connectivity index (χ0n) is 12.2. The highest BCUT2D eigenvalue weighted by Crippen LogP contribution is 2.41. The van der Waals surface area contributed by atoms with Crippen molar-refractivity contribution in [1.82, 2.24) is 0 Å². The molecule has 3 aromatic rings. The zero-order valence-corrected chi connectivity index (χ0v) is 12.2. The second kappa shape index (κ2) is 4.09. The highest BCUT2D eigenvalue weighted by atomic mass is 14.3. The highest BCUT2D eigenvalue weighted by molar-refractivity contribution is 6.08. The Morgan fingerprint density at radius 1 is 0.800 bits per heavy atom. The zero-order chi connectivity index (χ0) is 13.7. The van der Waals surface area contributed by atoms with Crippen LogP contribution >= 0.6 is 0 Å². The summed E-state index contributed by atoms with van der Waals surface area (Å²) in [5, 5.41) is 5.61. The molecule has 3 aromatic carbocycles. The molecule has 0 atom stereocenters.